The minimum Gasteiger partial charge on any atom is -0.383 e. The summed E-state index contributed by atoms with van der Waals surface area (Å²) >= 11 is 0. The third-order valence-corrected chi connectivity index (χ3v) is 6.89. The van der Waals surface area contributed by atoms with Crippen LogP contribution >= 0.6 is 0 Å². The zero-order valence-corrected chi connectivity index (χ0v) is 20.9. The van der Waals surface area contributed by atoms with Crippen molar-refractivity contribution in [2.24, 2.45) is 0 Å². The summed E-state index contributed by atoms with van der Waals surface area (Å²) in [7, 11) is 0. The van der Waals surface area contributed by atoms with Gasteiger partial charge in [-0.1, -0.05) is 48.5 Å². The van der Waals surface area contributed by atoms with E-state index in [4.69, 9.17) is 10.5 Å². The third-order valence-electron chi connectivity index (χ3n) is 6.89. The lowest BCUT2D eigenvalue weighted by Gasteiger charge is -2.29. The largest absolute Gasteiger partial charge is 0.383 e. The van der Waals surface area contributed by atoms with Crippen LogP contribution in [0.5, 0.6) is 0 Å². The van der Waals surface area contributed by atoms with Gasteiger partial charge in [0, 0.05) is 41.0 Å². The Morgan fingerprint density at radius 1 is 0.789 bits per heavy atom. The Bertz CT molecular complexity index is 1590. The van der Waals surface area contributed by atoms with E-state index in [1.165, 1.54) is 5.69 Å². The number of nitrogen functional groups attached to an aromatic ring is 1. The lowest BCUT2D eigenvalue weighted by atomic mass is 9.99. The molecule has 1 fully saturated rings. The Kier molecular flexibility index (Phi) is 6.46. The normalized spacial score (nSPS) is 13.4. The molecule has 1 aromatic heterocycles. The van der Waals surface area contributed by atoms with E-state index in [1.807, 2.05) is 54.6 Å². The summed E-state index contributed by atoms with van der Waals surface area (Å²) in [6.45, 7) is 3.32. The number of amides is 1. The van der Waals surface area contributed by atoms with Gasteiger partial charge in [-0.25, -0.2) is 4.98 Å². The Morgan fingerprint density at radius 2 is 1.53 bits per heavy atom. The van der Waals surface area contributed by atoms with Crippen LogP contribution in [-0.2, 0) is 4.74 Å². The number of ether oxygens (including phenoxy) is 1. The molecule has 0 bridgehead atoms. The van der Waals surface area contributed by atoms with Gasteiger partial charge in [-0.05, 0) is 71.3 Å². The second-order valence-corrected chi connectivity index (χ2v) is 9.38. The van der Waals surface area contributed by atoms with Crippen molar-refractivity contribution in [1.82, 2.24) is 4.98 Å². The zero-order valence-electron chi connectivity index (χ0n) is 20.9. The maximum absolute atomic E-state index is 12.6. The molecule has 0 radical (unpaired) electrons. The molecule has 188 valence electrons. The van der Waals surface area contributed by atoms with Crippen molar-refractivity contribution < 1.29 is 9.53 Å². The van der Waals surface area contributed by atoms with E-state index in [-0.39, 0.29) is 5.91 Å². The van der Waals surface area contributed by atoms with Crippen LogP contribution in [0.2, 0.25) is 0 Å². The maximum Gasteiger partial charge on any atom is 0.255 e. The molecular weight excluding hydrogens is 472 g/mol. The zero-order chi connectivity index (χ0) is 25.9. The predicted octanol–water partition coefficient (Wildman–Crippen LogP) is 6.24. The number of aromatic nitrogens is 1. The molecule has 0 atom stereocenters. The molecule has 6 nitrogen and oxygen atoms in total. The van der Waals surface area contributed by atoms with Gasteiger partial charge in [-0.2, -0.15) is 0 Å². The molecular formula is C32H28N4O2. The molecule has 5 aromatic rings. The van der Waals surface area contributed by atoms with Gasteiger partial charge in [-0.3, -0.25) is 4.79 Å². The SMILES string of the molecule is Nc1nc2ccc(-c3cccc(NC(=O)c4ccccc4)c3)cc2cc1-c1ccc(N2CCOCC2)cc1. The fourth-order valence-electron chi connectivity index (χ4n) is 4.84. The summed E-state index contributed by atoms with van der Waals surface area (Å²) in [4.78, 5) is 19.6. The van der Waals surface area contributed by atoms with Crippen molar-refractivity contribution in [2.75, 3.05) is 42.3 Å². The number of hydrogen-bond acceptors (Lipinski definition) is 5. The van der Waals surface area contributed by atoms with Gasteiger partial charge in [0.2, 0.25) is 0 Å². The summed E-state index contributed by atoms with van der Waals surface area (Å²) in [6, 6.07) is 33.8. The molecule has 2 heterocycles. The number of fused-ring (bicyclic) bond motifs is 1. The summed E-state index contributed by atoms with van der Waals surface area (Å²) in [5, 5.41) is 4.00. The smallest absolute Gasteiger partial charge is 0.255 e. The van der Waals surface area contributed by atoms with Crippen molar-refractivity contribution in [2.45, 2.75) is 0 Å². The summed E-state index contributed by atoms with van der Waals surface area (Å²) < 4.78 is 5.47. The average molecular weight is 501 g/mol. The maximum atomic E-state index is 12.6. The number of morpholine rings is 1. The first-order valence-corrected chi connectivity index (χ1v) is 12.7. The Hall–Kier alpha value is -4.68. The highest BCUT2D eigenvalue weighted by Gasteiger charge is 2.13. The highest BCUT2D eigenvalue weighted by Crippen LogP contribution is 2.32. The van der Waals surface area contributed by atoms with Crippen LogP contribution in [0.1, 0.15) is 10.4 Å². The second kappa shape index (κ2) is 10.4. The quantitative estimate of drug-likeness (QED) is 0.299. The van der Waals surface area contributed by atoms with Crippen molar-refractivity contribution >= 4 is 34.0 Å². The van der Waals surface area contributed by atoms with Crippen molar-refractivity contribution in [3.05, 3.63) is 109 Å². The summed E-state index contributed by atoms with van der Waals surface area (Å²) in [5.74, 6) is 0.375. The monoisotopic (exact) mass is 500 g/mol. The molecule has 1 saturated heterocycles. The van der Waals surface area contributed by atoms with Crippen LogP contribution in [-0.4, -0.2) is 37.2 Å². The third kappa shape index (κ3) is 4.94. The molecule has 3 N–H and O–H groups in total. The number of anilines is 3. The molecule has 0 aliphatic carbocycles. The minimum atomic E-state index is -0.134. The van der Waals surface area contributed by atoms with Crippen LogP contribution in [0.4, 0.5) is 17.2 Å². The van der Waals surface area contributed by atoms with E-state index < -0.39 is 0 Å². The number of nitrogens with two attached hydrogens (primary N) is 1. The second-order valence-electron chi connectivity index (χ2n) is 9.38. The molecule has 1 amide bonds. The van der Waals surface area contributed by atoms with Crippen LogP contribution < -0.4 is 16.0 Å². The van der Waals surface area contributed by atoms with Crippen LogP contribution in [0.25, 0.3) is 33.2 Å². The number of carbonyl (C=O) groups excluding carboxylic acids is 1. The van der Waals surface area contributed by atoms with Crippen molar-refractivity contribution in [1.29, 1.82) is 0 Å². The first-order chi connectivity index (χ1) is 18.6. The van der Waals surface area contributed by atoms with Gasteiger partial charge in [0.15, 0.2) is 0 Å². The van der Waals surface area contributed by atoms with Gasteiger partial charge < -0.3 is 20.7 Å². The van der Waals surface area contributed by atoms with E-state index in [9.17, 15) is 4.79 Å². The highest BCUT2D eigenvalue weighted by molar-refractivity contribution is 6.04. The Labute approximate surface area is 221 Å². The number of nitrogens with one attached hydrogen (secondary N) is 1. The van der Waals surface area contributed by atoms with Crippen LogP contribution in [0.3, 0.4) is 0 Å². The molecule has 1 aliphatic heterocycles. The first kappa shape index (κ1) is 23.7. The molecule has 1 aliphatic rings. The Balaban J connectivity index is 1.28. The molecule has 38 heavy (non-hydrogen) atoms. The predicted molar refractivity (Wildman–Crippen MR) is 154 cm³/mol. The van der Waals surface area contributed by atoms with E-state index in [2.05, 4.69) is 51.6 Å². The Morgan fingerprint density at radius 3 is 2.32 bits per heavy atom. The van der Waals surface area contributed by atoms with Crippen molar-refractivity contribution in [3.63, 3.8) is 0 Å². The van der Waals surface area contributed by atoms with E-state index in [0.717, 1.165) is 65.1 Å². The van der Waals surface area contributed by atoms with Gasteiger partial charge in [0.05, 0.1) is 18.7 Å². The average Bonchev–Trinajstić information content (AvgIpc) is 2.98. The molecule has 6 rings (SSSR count). The number of nitrogens with zero attached hydrogens (tertiary/aromatic N) is 2. The van der Waals surface area contributed by atoms with Gasteiger partial charge in [0.25, 0.3) is 5.91 Å². The molecule has 4 aromatic carbocycles. The van der Waals surface area contributed by atoms with Crippen LogP contribution in [0, 0.1) is 0 Å². The van der Waals surface area contributed by atoms with Gasteiger partial charge in [0.1, 0.15) is 5.82 Å². The van der Waals surface area contributed by atoms with Gasteiger partial charge >= 0.3 is 0 Å². The van der Waals surface area contributed by atoms with E-state index >= 15 is 0 Å². The topological polar surface area (TPSA) is 80.5 Å². The lowest BCUT2D eigenvalue weighted by molar-refractivity contribution is 0.102. The number of rotatable bonds is 5. The standard InChI is InChI=1S/C32H28N4O2/c33-31-29(22-9-12-28(13-10-22)36-15-17-38-18-16-36)21-26-19-25(11-14-30(26)35-31)24-7-4-8-27(20-24)34-32(37)23-5-2-1-3-6-23/h1-14,19-21H,15-18H2,(H2,33,35)(H,34,37). The van der Waals surface area contributed by atoms with Crippen molar-refractivity contribution in [3.8, 4) is 22.3 Å². The van der Waals surface area contributed by atoms with Gasteiger partial charge in [-0.15, -0.1) is 0 Å². The summed E-state index contributed by atoms with van der Waals surface area (Å²) in [6.07, 6.45) is 0. The fraction of sp³-hybridized carbons (Fsp3) is 0.125. The number of hydrogen-bond donors (Lipinski definition) is 2. The van der Waals surface area contributed by atoms with E-state index in [1.54, 1.807) is 12.1 Å². The highest BCUT2D eigenvalue weighted by atomic mass is 16.5. The lowest BCUT2D eigenvalue weighted by Crippen LogP contribution is -2.36. The first-order valence-electron chi connectivity index (χ1n) is 12.7. The summed E-state index contributed by atoms with van der Waals surface area (Å²) in [5.41, 5.74) is 13.8. The number of carbonyl (C=O) groups is 1. The molecule has 0 unspecified atom stereocenters. The minimum absolute atomic E-state index is 0.134. The van der Waals surface area contributed by atoms with Crippen LogP contribution in [0.15, 0.2) is 103 Å². The number of benzene rings is 4. The molecule has 6 heteroatoms. The molecule has 0 saturated carbocycles. The number of pyridine rings is 1. The molecule has 0 spiro atoms. The van der Waals surface area contributed by atoms with E-state index in [0.29, 0.717) is 11.4 Å². The fourth-order valence-corrected chi connectivity index (χ4v) is 4.84.